The van der Waals surface area contributed by atoms with Crippen LogP contribution in [0.4, 0.5) is 5.69 Å². The number of amides is 1. The van der Waals surface area contributed by atoms with Gasteiger partial charge in [-0.2, -0.15) is 0 Å². The van der Waals surface area contributed by atoms with Gasteiger partial charge in [-0.15, -0.1) is 0 Å². The molecule has 4 aromatic rings. The minimum absolute atomic E-state index is 0.208. The van der Waals surface area contributed by atoms with E-state index in [1.807, 2.05) is 67.5 Å². The number of hydrogen-bond acceptors (Lipinski definition) is 5. The number of nitrogens with one attached hydrogen (secondary N) is 1. The van der Waals surface area contributed by atoms with Crippen LogP contribution in [-0.2, 0) is 0 Å². The van der Waals surface area contributed by atoms with E-state index in [2.05, 4.69) is 21.4 Å². The number of carbonyl (C=O) groups excluding carboxylic acids is 1. The number of nitrogen functional groups attached to an aromatic ring is 1. The van der Waals surface area contributed by atoms with E-state index in [0.29, 0.717) is 28.0 Å². The predicted octanol–water partition coefficient (Wildman–Crippen LogP) is 3.99. The molecule has 0 saturated carbocycles. The van der Waals surface area contributed by atoms with Crippen LogP contribution in [0.3, 0.4) is 0 Å². The van der Waals surface area contributed by atoms with Crippen molar-refractivity contribution < 1.29 is 4.79 Å². The van der Waals surface area contributed by atoms with Gasteiger partial charge in [-0.1, -0.05) is 34.1 Å². The highest BCUT2D eigenvalue weighted by molar-refractivity contribution is 9.10. The smallest absolute Gasteiger partial charge is 0.266 e. The van der Waals surface area contributed by atoms with Crippen LogP contribution in [0.25, 0.3) is 28.7 Å². The maximum absolute atomic E-state index is 13.5. The van der Waals surface area contributed by atoms with Crippen molar-refractivity contribution in [2.75, 3.05) is 19.0 Å². The number of aromatic nitrogens is 2. The molecule has 1 heterocycles. The molecule has 0 aliphatic carbocycles. The normalized spacial score (nSPS) is 11.2. The molecule has 3 N–H and O–H groups in total. The van der Waals surface area contributed by atoms with Crippen molar-refractivity contribution >= 4 is 50.6 Å². The van der Waals surface area contributed by atoms with Crippen LogP contribution in [0, 0.1) is 0 Å². The second kappa shape index (κ2) is 9.40. The van der Waals surface area contributed by atoms with E-state index in [1.54, 1.807) is 30.3 Å². The molecule has 0 unspecified atom stereocenters. The number of nitrogens with zero attached hydrogens (tertiary/aromatic N) is 3. The van der Waals surface area contributed by atoms with Crippen molar-refractivity contribution in [2.24, 2.45) is 5.84 Å². The molecule has 0 bridgehead atoms. The summed E-state index contributed by atoms with van der Waals surface area (Å²) in [6.07, 6.45) is 3.73. The summed E-state index contributed by atoms with van der Waals surface area (Å²) >= 11 is 3.43. The van der Waals surface area contributed by atoms with Gasteiger partial charge >= 0.3 is 0 Å². The zero-order valence-corrected chi connectivity index (χ0v) is 19.7. The number of anilines is 1. The van der Waals surface area contributed by atoms with E-state index in [9.17, 15) is 9.59 Å². The van der Waals surface area contributed by atoms with Gasteiger partial charge in [0, 0.05) is 29.8 Å². The van der Waals surface area contributed by atoms with Gasteiger partial charge in [-0.3, -0.25) is 19.6 Å². The van der Waals surface area contributed by atoms with Crippen LogP contribution in [0.1, 0.15) is 21.7 Å². The fraction of sp³-hybridized carbons (Fsp3) is 0.0800. The molecule has 0 saturated heterocycles. The number of rotatable bonds is 5. The lowest BCUT2D eigenvalue weighted by Crippen LogP contribution is -2.30. The molecular formula is C25H22BrN5O2. The highest BCUT2D eigenvalue weighted by atomic mass is 79.9. The Labute approximate surface area is 199 Å². The van der Waals surface area contributed by atoms with Crippen molar-refractivity contribution in [3.8, 4) is 5.69 Å². The Bertz CT molecular complexity index is 1410. The molecule has 4 rings (SSSR count). The zero-order chi connectivity index (χ0) is 23.5. The van der Waals surface area contributed by atoms with Gasteiger partial charge in [-0.05, 0) is 66.2 Å². The maximum atomic E-state index is 13.5. The second-order valence-electron chi connectivity index (χ2n) is 7.61. The molecule has 0 aliphatic rings. The van der Waals surface area contributed by atoms with Gasteiger partial charge in [0.25, 0.3) is 11.5 Å². The topological polar surface area (TPSA) is 93.2 Å². The molecule has 8 heteroatoms. The van der Waals surface area contributed by atoms with Crippen molar-refractivity contribution in [3.05, 3.63) is 98.5 Å². The van der Waals surface area contributed by atoms with Crippen LogP contribution in [-0.4, -0.2) is 29.6 Å². The van der Waals surface area contributed by atoms with Gasteiger partial charge in [-0.25, -0.2) is 10.8 Å². The van der Waals surface area contributed by atoms with E-state index in [4.69, 9.17) is 10.8 Å². The Morgan fingerprint density at radius 2 is 1.73 bits per heavy atom. The number of carbonyl (C=O) groups is 1. The number of hydrazine groups is 1. The summed E-state index contributed by atoms with van der Waals surface area (Å²) < 4.78 is 2.32. The van der Waals surface area contributed by atoms with E-state index in [0.717, 1.165) is 15.7 Å². The number of nitrogens with two attached hydrogens (primary N) is 1. The standard InChI is InChI=1S/C25H22BrN5O2/c1-30(2)19-9-3-16(4-10-19)5-14-23-28-22-13-8-18(26)15-21(22)25(33)31(23)20-11-6-17(7-12-20)24(32)29-27/h3-15H,27H2,1-2H3,(H,29,32)/b14-5+. The molecule has 0 atom stereocenters. The predicted molar refractivity (Wildman–Crippen MR) is 136 cm³/mol. The number of hydrogen-bond donors (Lipinski definition) is 2. The summed E-state index contributed by atoms with van der Waals surface area (Å²) in [6, 6.07) is 20.1. The summed E-state index contributed by atoms with van der Waals surface area (Å²) in [6.45, 7) is 0. The van der Waals surface area contributed by atoms with Gasteiger partial charge in [0.2, 0.25) is 0 Å². The van der Waals surface area contributed by atoms with Gasteiger partial charge in [0.15, 0.2) is 0 Å². The molecule has 1 aromatic heterocycles. The average Bonchev–Trinajstić information content (AvgIpc) is 2.83. The highest BCUT2D eigenvalue weighted by Gasteiger charge is 2.13. The first-order valence-corrected chi connectivity index (χ1v) is 11.0. The first-order chi connectivity index (χ1) is 15.9. The third-order valence-corrected chi connectivity index (χ3v) is 5.70. The van der Waals surface area contributed by atoms with Crippen LogP contribution in [0.2, 0.25) is 0 Å². The van der Waals surface area contributed by atoms with Crippen molar-refractivity contribution in [2.45, 2.75) is 0 Å². The molecule has 1 amide bonds. The van der Waals surface area contributed by atoms with E-state index < -0.39 is 5.91 Å². The monoisotopic (exact) mass is 503 g/mol. The lowest BCUT2D eigenvalue weighted by atomic mass is 10.1. The Balaban J connectivity index is 1.84. The molecule has 0 radical (unpaired) electrons. The number of fused-ring (bicyclic) bond motifs is 1. The summed E-state index contributed by atoms with van der Waals surface area (Å²) in [7, 11) is 3.98. The number of benzene rings is 3. The summed E-state index contributed by atoms with van der Waals surface area (Å²) in [5, 5.41) is 0.487. The molecule has 166 valence electrons. The Kier molecular flexibility index (Phi) is 6.39. The minimum atomic E-state index is -0.407. The summed E-state index contributed by atoms with van der Waals surface area (Å²) in [5.41, 5.74) is 5.55. The second-order valence-corrected chi connectivity index (χ2v) is 8.53. The summed E-state index contributed by atoms with van der Waals surface area (Å²) in [5.74, 6) is 5.29. The maximum Gasteiger partial charge on any atom is 0.266 e. The van der Waals surface area contributed by atoms with Gasteiger partial charge in [0.05, 0.1) is 16.6 Å². The largest absolute Gasteiger partial charge is 0.378 e. The summed E-state index contributed by atoms with van der Waals surface area (Å²) in [4.78, 5) is 32.0. The molecule has 7 nitrogen and oxygen atoms in total. The minimum Gasteiger partial charge on any atom is -0.378 e. The van der Waals surface area contributed by atoms with E-state index >= 15 is 0 Å². The average molecular weight is 504 g/mol. The molecule has 0 spiro atoms. The molecule has 0 aliphatic heterocycles. The Hall–Kier alpha value is -3.75. The fourth-order valence-corrected chi connectivity index (χ4v) is 3.80. The SMILES string of the molecule is CN(C)c1ccc(/C=C/c2nc3ccc(Br)cc3c(=O)n2-c2ccc(C(=O)NN)cc2)cc1. The number of halogens is 1. The Morgan fingerprint density at radius 1 is 1.03 bits per heavy atom. The first-order valence-electron chi connectivity index (χ1n) is 10.2. The van der Waals surface area contributed by atoms with Crippen molar-refractivity contribution in [1.82, 2.24) is 15.0 Å². The molecular weight excluding hydrogens is 482 g/mol. The van der Waals surface area contributed by atoms with E-state index in [-0.39, 0.29) is 5.56 Å². The molecule has 33 heavy (non-hydrogen) atoms. The molecule has 3 aromatic carbocycles. The third-order valence-electron chi connectivity index (χ3n) is 5.21. The van der Waals surface area contributed by atoms with Gasteiger partial charge in [0.1, 0.15) is 5.82 Å². The quantitative estimate of drug-likeness (QED) is 0.244. The van der Waals surface area contributed by atoms with Crippen LogP contribution >= 0.6 is 15.9 Å². The van der Waals surface area contributed by atoms with Crippen LogP contribution < -0.4 is 21.7 Å². The molecule has 0 fully saturated rings. The third kappa shape index (κ3) is 4.72. The van der Waals surface area contributed by atoms with Crippen LogP contribution in [0.15, 0.2) is 76.0 Å². The lowest BCUT2D eigenvalue weighted by molar-refractivity contribution is 0.0953. The van der Waals surface area contributed by atoms with Crippen molar-refractivity contribution in [1.29, 1.82) is 0 Å². The fourth-order valence-electron chi connectivity index (χ4n) is 3.44. The Morgan fingerprint density at radius 3 is 2.36 bits per heavy atom. The lowest BCUT2D eigenvalue weighted by Gasteiger charge is -2.13. The first kappa shape index (κ1) is 22.4. The van der Waals surface area contributed by atoms with Crippen LogP contribution in [0.5, 0.6) is 0 Å². The van der Waals surface area contributed by atoms with E-state index in [1.165, 1.54) is 4.57 Å². The highest BCUT2D eigenvalue weighted by Crippen LogP contribution is 2.20. The van der Waals surface area contributed by atoms with Crippen molar-refractivity contribution in [3.63, 3.8) is 0 Å². The zero-order valence-electron chi connectivity index (χ0n) is 18.1. The van der Waals surface area contributed by atoms with Gasteiger partial charge < -0.3 is 4.90 Å².